The van der Waals surface area contributed by atoms with Crippen molar-refractivity contribution in [3.05, 3.63) is 48.6 Å². The average molecular weight is 683 g/mol. The largest absolute Gasteiger partial charge is 0.469 e. The maximum Gasteiger partial charge on any atom is 0.469 e. The summed E-state index contributed by atoms with van der Waals surface area (Å²) < 4.78 is 26.9. The van der Waals surface area contributed by atoms with Gasteiger partial charge in [-0.1, -0.05) is 159 Å². The third-order valence-electron chi connectivity index (χ3n) is 7.89. The number of ether oxygens (including phenoxy) is 2. The Bertz CT molecular complexity index is 846. The molecule has 0 aliphatic carbocycles. The van der Waals surface area contributed by atoms with Crippen LogP contribution in [-0.2, 0) is 23.4 Å². The van der Waals surface area contributed by atoms with Crippen LogP contribution in [0.4, 0.5) is 0 Å². The maximum atomic E-state index is 12.3. The Kier molecular flexibility index (Phi) is 34.7. The van der Waals surface area contributed by atoms with Crippen LogP contribution in [0, 0.1) is 0 Å². The van der Waals surface area contributed by atoms with Gasteiger partial charge in [-0.2, -0.15) is 0 Å². The van der Waals surface area contributed by atoms with Crippen molar-refractivity contribution in [2.24, 2.45) is 0 Å². The third kappa shape index (κ3) is 38.8. The zero-order valence-electron chi connectivity index (χ0n) is 30.2. The van der Waals surface area contributed by atoms with Gasteiger partial charge in [0.25, 0.3) is 0 Å². The molecular weight excluding hydrogens is 611 g/mol. The average Bonchev–Trinajstić information content (AvgIpc) is 3.04. The SMILES string of the molecule is CC/C=C\C/C=C\C/C=C\C/C=C\CCCCC(=O)O[C@H](COCCCCCCCCCCCCCCCCCC)COP(=O)(O)O. The van der Waals surface area contributed by atoms with Gasteiger partial charge in [0.1, 0.15) is 6.10 Å². The monoisotopic (exact) mass is 682 g/mol. The number of rotatable bonds is 35. The molecule has 0 aromatic carbocycles. The molecule has 7 nitrogen and oxygen atoms in total. The maximum absolute atomic E-state index is 12.3. The minimum absolute atomic E-state index is 0.0619. The van der Waals surface area contributed by atoms with Gasteiger partial charge in [-0.3, -0.25) is 9.32 Å². The number of esters is 1. The van der Waals surface area contributed by atoms with Gasteiger partial charge in [0.15, 0.2) is 0 Å². The first kappa shape index (κ1) is 45.5. The smallest absolute Gasteiger partial charge is 0.457 e. The molecule has 0 unspecified atom stereocenters. The Morgan fingerprint density at radius 1 is 0.596 bits per heavy atom. The molecule has 0 radical (unpaired) electrons. The molecule has 0 aliphatic heterocycles. The molecule has 1 atom stereocenters. The van der Waals surface area contributed by atoms with Gasteiger partial charge in [0.05, 0.1) is 13.2 Å². The molecule has 274 valence electrons. The predicted octanol–water partition coefficient (Wildman–Crippen LogP) is 11.7. The molecule has 0 aromatic heterocycles. The summed E-state index contributed by atoms with van der Waals surface area (Å²) in [6.45, 7) is 4.60. The van der Waals surface area contributed by atoms with Crippen LogP contribution in [0.5, 0.6) is 0 Å². The lowest BCUT2D eigenvalue weighted by molar-refractivity contribution is -0.154. The number of hydrogen-bond donors (Lipinski definition) is 2. The highest BCUT2D eigenvalue weighted by Gasteiger charge is 2.21. The fourth-order valence-electron chi connectivity index (χ4n) is 5.14. The highest BCUT2D eigenvalue weighted by molar-refractivity contribution is 7.46. The van der Waals surface area contributed by atoms with E-state index in [2.05, 4.69) is 67.0 Å². The Hall–Kier alpha value is -1.50. The van der Waals surface area contributed by atoms with Crippen molar-refractivity contribution in [2.45, 2.75) is 174 Å². The normalized spacial score (nSPS) is 13.2. The first-order valence-corrected chi connectivity index (χ1v) is 20.5. The number of carbonyl (C=O) groups excluding carboxylic acids is 1. The van der Waals surface area contributed by atoms with E-state index < -0.39 is 26.5 Å². The van der Waals surface area contributed by atoms with Crippen molar-refractivity contribution >= 4 is 13.8 Å². The summed E-state index contributed by atoms with van der Waals surface area (Å²) in [5, 5.41) is 0. The van der Waals surface area contributed by atoms with Crippen LogP contribution >= 0.6 is 7.82 Å². The summed E-state index contributed by atoms with van der Waals surface area (Å²) in [6, 6.07) is 0. The molecule has 0 fully saturated rings. The van der Waals surface area contributed by atoms with Crippen LogP contribution in [-0.4, -0.2) is 41.7 Å². The van der Waals surface area contributed by atoms with E-state index in [1.54, 1.807) is 0 Å². The predicted molar refractivity (Wildman–Crippen MR) is 197 cm³/mol. The van der Waals surface area contributed by atoms with Gasteiger partial charge in [0.2, 0.25) is 0 Å². The molecule has 0 bridgehead atoms. The molecule has 0 aliphatic rings. The van der Waals surface area contributed by atoms with E-state index in [-0.39, 0.29) is 13.0 Å². The van der Waals surface area contributed by atoms with E-state index in [0.717, 1.165) is 51.4 Å². The summed E-state index contributed by atoms with van der Waals surface area (Å²) in [6.07, 6.45) is 43.9. The molecule has 0 heterocycles. The quantitative estimate of drug-likeness (QED) is 0.0297. The fourth-order valence-corrected chi connectivity index (χ4v) is 5.50. The molecule has 47 heavy (non-hydrogen) atoms. The van der Waals surface area contributed by atoms with E-state index in [0.29, 0.717) is 13.0 Å². The van der Waals surface area contributed by atoms with Gasteiger partial charge in [0, 0.05) is 13.0 Å². The molecular formula is C39H71O7P. The van der Waals surface area contributed by atoms with Crippen molar-refractivity contribution in [2.75, 3.05) is 19.8 Å². The van der Waals surface area contributed by atoms with Crippen LogP contribution in [0.3, 0.4) is 0 Å². The Balaban J connectivity index is 3.89. The van der Waals surface area contributed by atoms with Crippen molar-refractivity contribution < 1.29 is 33.1 Å². The second-order valence-corrected chi connectivity index (χ2v) is 13.8. The van der Waals surface area contributed by atoms with E-state index in [9.17, 15) is 9.36 Å². The van der Waals surface area contributed by atoms with E-state index in [4.69, 9.17) is 19.3 Å². The van der Waals surface area contributed by atoms with Crippen LogP contribution in [0.15, 0.2) is 48.6 Å². The zero-order valence-corrected chi connectivity index (χ0v) is 31.1. The molecule has 0 aromatic rings. The standard InChI is InChI=1S/C39H71O7P/c1-3-5-7-9-11-13-15-17-19-21-23-25-27-29-31-33-35-44-36-38(37-45-47(41,42)43)46-39(40)34-32-30-28-26-24-22-20-18-16-14-12-10-8-6-4-2/h6,8,12,14,18,20,24,26,38H,3-5,7,9-11,13,15-17,19,21-23,25,27-37H2,1-2H3,(H2,41,42,43)/b8-6-,14-12-,20-18-,26-24-/t38-/m1/s1. The molecule has 0 rings (SSSR count). The van der Waals surface area contributed by atoms with Gasteiger partial charge in [-0.05, 0) is 51.4 Å². The first-order valence-electron chi connectivity index (χ1n) is 19.0. The first-order chi connectivity index (χ1) is 22.9. The van der Waals surface area contributed by atoms with Gasteiger partial charge >= 0.3 is 13.8 Å². The minimum Gasteiger partial charge on any atom is -0.457 e. The van der Waals surface area contributed by atoms with E-state index in [1.807, 2.05) is 0 Å². The Morgan fingerprint density at radius 3 is 1.55 bits per heavy atom. The van der Waals surface area contributed by atoms with Gasteiger partial charge < -0.3 is 19.3 Å². The number of unbranched alkanes of at least 4 members (excludes halogenated alkanes) is 17. The van der Waals surface area contributed by atoms with Crippen LogP contribution in [0.2, 0.25) is 0 Å². The van der Waals surface area contributed by atoms with Crippen molar-refractivity contribution in [1.29, 1.82) is 0 Å². The molecule has 0 saturated heterocycles. The second-order valence-electron chi connectivity index (χ2n) is 12.5. The molecule has 8 heteroatoms. The topological polar surface area (TPSA) is 102 Å². The second kappa shape index (κ2) is 35.8. The number of carbonyl (C=O) groups is 1. The van der Waals surface area contributed by atoms with Crippen LogP contribution < -0.4 is 0 Å². The van der Waals surface area contributed by atoms with Crippen LogP contribution in [0.1, 0.15) is 168 Å². The number of allylic oxidation sites excluding steroid dienone is 8. The lowest BCUT2D eigenvalue weighted by Gasteiger charge is -2.18. The van der Waals surface area contributed by atoms with Crippen molar-refractivity contribution in [3.8, 4) is 0 Å². The molecule has 0 saturated carbocycles. The zero-order chi connectivity index (χ0) is 34.5. The number of phosphoric ester groups is 1. The van der Waals surface area contributed by atoms with Gasteiger partial charge in [-0.15, -0.1) is 0 Å². The fraction of sp³-hybridized carbons (Fsp3) is 0.769. The molecule has 2 N–H and O–H groups in total. The van der Waals surface area contributed by atoms with E-state index in [1.165, 1.54) is 89.9 Å². The number of phosphoric acid groups is 1. The lowest BCUT2D eigenvalue weighted by Crippen LogP contribution is -2.28. The van der Waals surface area contributed by atoms with Crippen molar-refractivity contribution in [1.82, 2.24) is 0 Å². The van der Waals surface area contributed by atoms with Gasteiger partial charge in [-0.25, -0.2) is 4.57 Å². The summed E-state index contributed by atoms with van der Waals surface area (Å²) >= 11 is 0. The summed E-state index contributed by atoms with van der Waals surface area (Å²) in [5.74, 6) is -0.402. The lowest BCUT2D eigenvalue weighted by atomic mass is 10.0. The highest BCUT2D eigenvalue weighted by atomic mass is 31.2. The minimum atomic E-state index is -4.66. The summed E-state index contributed by atoms with van der Waals surface area (Å²) in [7, 11) is -4.66. The van der Waals surface area contributed by atoms with E-state index >= 15 is 0 Å². The molecule has 0 amide bonds. The highest BCUT2D eigenvalue weighted by Crippen LogP contribution is 2.35. The Labute approximate surface area is 288 Å². The summed E-state index contributed by atoms with van der Waals surface area (Å²) in [5.41, 5.74) is 0. The third-order valence-corrected chi connectivity index (χ3v) is 8.38. The molecule has 0 spiro atoms. The van der Waals surface area contributed by atoms with Crippen molar-refractivity contribution in [3.63, 3.8) is 0 Å². The van der Waals surface area contributed by atoms with Crippen LogP contribution in [0.25, 0.3) is 0 Å². The number of hydrogen-bond acceptors (Lipinski definition) is 5. The Morgan fingerprint density at radius 2 is 1.06 bits per heavy atom. The summed E-state index contributed by atoms with van der Waals surface area (Å²) in [4.78, 5) is 30.5.